The van der Waals surface area contributed by atoms with Crippen molar-refractivity contribution in [1.29, 1.82) is 0 Å². The molecule has 0 amide bonds. The van der Waals surface area contributed by atoms with Gasteiger partial charge in [0.1, 0.15) is 0 Å². The van der Waals surface area contributed by atoms with E-state index in [1.165, 1.54) is 0 Å². The van der Waals surface area contributed by atoms with Crippen molar-refractivity contribution in [2.24, 2.45) is 0 Å². The highest BCUT2D eigenvalue weighted by Gasteiger charge is 2.51. The zero-order valence-electron chi connectivity index (χ0n) is 10.9. The van der Waals surface area contributed by atoms with E-state index in [0.717, 1.165) is 17.0 Å². The average molecular weight is 308 g/mol. The molecule has 0 aromatic heterocycles. The fourth-order valence-electron chi connectivity index (χ4n) is 2.26. The molecule has 5 nitrogen and oxygen atoms in total. The molecular formula is C12H12F4N2O3. The summed E-state index contributed by atoms with van der Waals surface area (Å²) in [5.74, 6) is -1.08. The fourth-order valence-corrected chi connectivity index (χ4v) is 2.26. The van der Waals surface area contributed by atoms with Crippen LogP contribution in [0.1, 0.15) is 13.3 Å². The molecule has 1 saturated heterocycles. The summed E-state index contributed by atoms with van der Waals surface area (Å²) < 4.78 is 57.5. The number of nitrogens with zero attached hydrogens (tertiary/aromatic N) is 2. The third-order valence-electron chi connectivity index (χ3n) is 3.26. The molecule has 1 aliphatic heterocycles. The van der Waals surface area contributed by atoms with Gasteiger partial charge in [-0.15, -0.1) is 0 Å². The Morgan fingerprint density at radius 1 is 1.48 bits per heavy atom. The zero-order chi connectivity index (χ0) is 15.8. The number of hydrogen-bond acceptors (Lipinski definition) is 4. The van der Waals surface area contributed by atoms with Crippen LogP contribution in [0.25, 0.3) is 0 Å². The van der Waals surface area contributed by atoms with Crippen LogP contribution in [0.5, 0.6) is 0 Å². The number of benzene rings is 1. The number of ether oxygens (including phenoxy) is 1. The molecule has 1 aliphatic rings. The number of rotatable bonds is 3. The fraction of sp³-hybridized carbons (Fsp3) is 0.500. The van der Waals surface area contributed by atoms with Crippen LogP contribution in [0.15, 0.2) is 18.2 Å². The van der Waals surface area contributed by atoms with Crippen LogP contribution in [0.3, 0.4) is 0 Å². The highest BCUT2D eigenvalue weighted by Crippen LogP contribution is 2.38. The summed E-state index contributed by atoms with van der Waals surface area (Å²) >= 11 is 0. The second kappa shape index (κ2) is 5.47. The smallest absolute Gasteiger partial charge is 0.348 e. The molecule has 1 aromatic rings. The Bertz CT molecular complexity index is 550. The van der Waals surface area contributed by atoms with Crippen LogP contribution in [-0.4, -0.2) is 30.0 Å². The van der Waals surface area contributed by atoms with E-state index >= 15 is 0 Å². The van der Waals surface area contributed by atoms with Gasteiger partial charge in [-0.25, -0.2) is 4.39 Å². The predicted molar refractivity (Wildman–Crippen MR) is 65.4 cm³/mol. The SMILES string of the molecule is CC[C@@H]1CO[C@@H](C(F)(F)F)N1c1ccc([N+](=O)[O-])cc1F. The molecule has 0 saturated carbocycles. The Labute approximate surface area is 117 Å². The van der Waals surface area contributed by atoms with Crippen molar-refractivity contribution in [1.82, 2.24) is 0 Å². The van der Waals surface area contributed by atoms with Gasteiger partial charge in [0.25, 0.3) is 5.69 Å². The number of non-ortho nitro benzene ring substituents is 1. The molecular weight excluding hydrogens is 296 g/mol. The predicted octanol–water partition coefficient (Wildman–Crippen LogP) is 3.24. The number of anilines is 1. The first-order valence-corrected chi connectivity index (χ1v) is 6.16. The largest absolute Gasteiger partial charge is 0.433 e. The standard InChI is InChI=1S/C12H12F4N2O3/c1-2-7-6-21-11(12(14,15)16)17(7)10-4-3-8(18(19)20)5-9(10)13/h3-5,7,11H,2,6H2,1H3/t7-,11+/m1/s1. The van der Waals surface area contributed by atoms with Gasteiger partial charge >= 0.3 is 6.18 Å². The molecule has 0 N–H and O–H groups in total. The van der Waals surface area contributed by atoms with E-state index in [0.29, 0.717) is 12.5 Å². The molecule has 1 aromatic carbocycles. The monoisotopic (exact) mass is 308 g/mol. The number of alkyl halides is 3. The highest BCUT2D eigenvalue weighted by molar-refractivity contribution is 5.54. The van der Waals surface area contributed by atoms with Crippen LogP contribution in [-0.2, 0) is 4.74 Å². The van der Waals surface area contributed by atoms with Crippen molar-refractivity contribution in [3.63, 3.8) is 0 Å². The van der Waals surface area contributed by atoms with E-state index in [1.807, 2.05) is 0 Å². The quantitative estimate of drug-likeness (QED) is 0.489. The number of nitro groups is 1. The minimum absolute atomic E-state index is 0.183. The van der Waals surface area contributed by atoms with E-state index in [1.54, 1.807) is 6.92 Å². The molecule has 2 atom stereocenters. The van der Waals surface area contributed by atoms with E-state index in [2.05, 4.69) is 0 Å². The van der Waals surface area contributed by atoms with Crippen LogP contribution in [0.2, 0.25) is 0 Å². The summed E-state index contributed by atoms with van der Waals surface area (Å²) in [4.78, 5) is 10.5. The minimum Gasteiger partial charge on any atom is -0.348 e. The summed E-state index contributed by atoms with van der Waals surface area (Å²) in [6.45, 7) is 1.47. The molecule has 0 aliphatic carbocycles. The molecule has 0 spiro atoms. The lowest BCUT2D eigenvalue weighted by Crippen LogP contribution is -2.46. The Balaban J connectivity index is 2.43. The summed E-state index contributed by atoms with van der Waals surface area (Å²) in [5.41, 5.74) is -0.875. The summed E-state index contributed by atoms with van der Waals surface area (Å²) in [7, 11) is 0. The first-order valence-electron chi connectivity index (χ1n) is 6.16. The van der Waals surface area contributed by atoms with Crippen LogP contribution in [0, 0.1) is 15.9 Å². The van der Waals surface area contributed by atoms with E-state index in [-0.39, 0.29) is 12.3 Å². The van der Waals surface area contributed by atoms with E-state index < -0.39 is 34.9 Å². The van der Waals surface area contributed by atoms with E-state index in [9.17, 15) is 27.7 Å². The van der Waals surface area contributed by atoms with Gasteiger partial charge in [-0.3, -0.25) is 10.1 Å². The summed E-state index contributed by atoms with van der Waals surface area (Å²) in [5, 5.41) is 10.6. The lowest BCUT2D eigenvalue weighted by atomic mass is 10.1. The van der Waals surface area contributed by atoms with Gasteiger partial charge in [-0.05, 0) is 12.5 Å². The van der Waals surface area contributed by atoms with Crippen molar-refractivity contribution >= 4 is 11.4 Å². The number of halogens is 4. The van der Waals surface area contributed by atoms with Gasteiger partial charge in [0.15, 0.2) is 5.82 Å². The Morgan fingerprint density at radius 2 is 2.14 bits per heavy atom. The highest BCUT2D eigenvalue weighted by atomic mass is 19.4. The van der Waals surface area contributed by atoms with Gasteiger partial charge in [0.05, 0.1) is 29.3 Å². The second-order valence-corrected chi connectivity index (χ2v) is 4.59. The lowest BCUT2D eigenvalue weighted by Gasteiger charge is -2.31. The molecule has 0 radical (unpaired) electrons. The lowest BCUT2D eigenvalue weighted by molar-refractivity contribution is -0.385. The Hall–Kier alpha value is -1.90. The molecule has 9 heteroatoms. The zero-order valence-corrected chi connectivity index (χ0v) is 10.9. The van der Waals surface area contributed by atoms with Crippen molar-refractivity contribution in [2.45, 2.75) is 31.8 Å². The van der Waals surface area contributed by atoms with Crippen molar-refractivity contribution < 1.29 is 27.2 Å². The van der Waals surface area contributed by atoms with Crippen LogP contribution >= 0.6 is 0 Å². The van der Waals surface area contributed by atoms with Gasteiger partial charge in [0.2, 0.25) is 6.23 Å². The third kappa shape index (κ3) is 2.92. The van der Waals surface area contributed by atoms with Crippen molar-refractivity contribution in [2.75, 3.05) is 11.5 Å². The van der Waals surface area contributed by atoms with Gasteiger partial charge in [-0.1, -0.05) is 6.92 Å². The van der Waals surface area contributed by atoms with Crippen LogP contribution in [0.4, 0.5) is 28.9 Å². The summed E-state index contributed by atoms with van der Waals surface area (Å²) in [6, 6.07) is 1.90. The van der Waals surface area contributed by atoms with E-state index in [4.69, 9.17) is 4.74 Å². The van der Waals surface area contributed by atoms with Crippen molar-refractivity contribution in [3.05, 3.63) is 34.1 Å². The minimum atomic E-state index is -4.68. The first kappa shape index (κ1) is 15.5. The maximum atomic E-state index is 14.0. The van der Waals surface area contributed by atoms with Gasteiger partial charge in [0, 0.05) is 6.07 Å². The third-order valence-corrected chi connectivity index (χ3v) is 3.26. The van der Waals surface area contributed by atoms with Crippen molar-refractivity contribution in [3.8, 4) is 0 Å². The molecule has 116 valence electrons. The molecule has 2 rings (SSSR count). The average Bonchev–Trinajstić information content (AvgIpc) is 2.81. The topological polar surface area (TPSA) is 55.6 Å². The second-order valence-electron chi connectivity index (χ2n) is 4.59. The Morgan fingerprint density at radius 3 is 2.62 bits per heavy atom. The molecule has 1 heterocycles. The molecule has 21 heavy (non-hydrogen) atoms. The molecule has 0 unspecified atom stereocenters. The number of hydrogen-bond donors (Lipinski definition) is 0. The van der Waals surface area contributed by atoms with Crippen LogP contribution < -0.4 is 4.90 Å². The first-order chi connectivity index (χ1) is 9.75. The Kier molecular flexibility index (Phi) is 4.04. The maximum Gasteiger partial charge on any atom is 0.433 e. The normalized spacial score (nSPS) is 22.6. The van der Waals surface area contributed by atoms with Gasteiger partial charge in [-0.2, -0.15) is 13.2 Å². The maximum absolute atomic E-state index is 14.0. The molecule has 1 fully saturated rings. The molecule has 0 bridgehead atoms. The summed E-state index contributed by atoms with van der Waals surface area (Å²) in [6.07, 6.45) is -6.61. The number of nitro benzene ring substituents is 1. The van der Waals surface area contributed by atoms with Gasteiger partial charge < -0.3 is 9.64 Å².